The highest BCUT2D eigenvalue weighted by molar-refractivity contribution is 7.99. The molecule has 0 fully saturated rings. The number of amides is 1. The Labute approximate surface area is 169 Å². The molecule has 0 heterocycles. The zero-order chi connectivity index (χ0) is 19.6. The lowest BCUT2D eigenvalue weighted by Gasteiger charge is -2.13. The van der Waals surface area contributed by atoms with Gasteiger partial charge in [-0.2, -0.15) is 5.26 Å². The maximum absolute atomic E-state index is 12.4. The zero-order valence-corrected chi connectivity index (χ0v) is 16.2. The number of carbonyl (C=O) groups excluding carboxylic acids is 1. The van der Waals surface area contributed by atoms with Crippen LogP contribution in [0.2, 0.25) is 0 Å². The third kappa shape index (κ3) is 5.63. The molecule has 5 heteroatoms. The number of benzene rings is 3. The van der Waals surface area contributed by atoms with Gasteiger partial charge in [-0.1, -0.05) is 60.7 Å². The maximum Gasteiger partial charge on any atom is 0.243 e. The normalized spacial score (nSPS) is 10.1. The Hall–Kier alpha value is -3.23. The van der Waals surface area contributed by atoms with Crippen LogP contribution in [0.4, 0.5) is 11.4 Å². The Bertz CT molecular complexity index is 967. The van der Waals surface area contributed by atoms with Crippen LogP contribution in [-0.2, 0) is 11.2 Å². The molecule has 0 radical (unpaired) electrons. The first-order valence-electron chi connectivity index (χ1n) is 9.00. The van der Waals surface area contributed by atoms with E-state index in [0.717, 1.165) is 28.3 Å². The summed E-state index contributed by atoms with van der Waals surface area (Å²) < 4.78 is 0. The Morgan fingerprint density at radius 1 is 0.893 bits per heavy atom. The standard InChI is InChI=1S/C23H21N3OS/c24-14-15-28-22-13-7-6-12-21(22)26-23(27)17-25-20-11-5-4-10-19(20)16-18-8-2-1-3-9-18/h1-13,25H,15-17H2,(H,26,27). The lowest BCUT2D eigenvalue weighted by Crippen LogP contribution is -2.22. The van der Waals surface area contributed by atoms with Gasteiger partial charge in [-0.25, -0.2) is 0 Å². The SMILES string of the molecule is N#CCSc1ccccc1NC(=O)CNc1ccccc1Cc1ccccc1. The number of hydrogen-bond acceptors (Lipinski definition) is 4. The largest absolute Gasteiger partial charge is 0.376 e. The molecule has 0 atom stereocenters. The van der Waals surface area contributed by atoms with Crippen LogP contribution in [0.3, 0.4) is 0 Å². The minimum atomic E-state index is -0.125. The Morgan fingerprint density at radius 2 is 1.57 bits per heavy atom. The van der Waals surface area contributed by atoms with Gasteiger partial charge in [0, 0.05) is 10.6 Å². The molecule has 0 bridgehead atoms. The highest BCUT2D eigenvalue weighted by atomic mass is 32.2. The first-order valence-corrected chi connectivity index (χ1v) is 9.99. The maximum atomic E-state index is 12.4. The molecule has 4 nitrogen and oxygen atoms in total. The molecular formula is C23H21N3OS. The van der Waals surface area contributed by atoms with E-state index in [-0.39, 0.29) is 12.5 Å². The van der Waals surface area contributed by atoms with Crippen molar-refractivity contribution < 1.29 is 4.79 Å². The quantitative estimate of drug-likeness (QED) is 0.537. The van der Waals surface area contributed by atoms with Crippen molar-refractivity contribution in [2.75, 3.05) is 22.9 Å². The van der Waals surface area contributed by atoms with Gasteiger partial charge in [-0.05, 0) is 35.7 Å². The molecule has 3 rings (SSSR count). The fourth-order valence-corrected chi connectivity index (χ4v) is 3.51. The van der Waals surface area contributed by atoms with E-state index in [0.29, 0.717) is 5.75 Å². The van der Waals surface area contributed by atoms with Crippen molar-refractivity contribution in [3.05, 3.63) is 90.0 Å². The Morgan fingerprint density at radius 3 is 2.36 bits per heavy atom. The summed E-state index contributed by atoms with van der Waals surface area (Å²) in [5.41, 5.74) is 4.05. The molecule has 28 heavy (non-hydrogen) atoms. The number of carbonyl (C=O) groups is 1. The zero-order valence-electron chi connectivity index (χ0n) is 15.4. The minimum absolute atomic E-state index is 0.125. The van der Waals surface area contributed by atoms with Gasteiger partial charge in [0.05, 0.1) is 24.1 Å². The number of nitriles is 1. The second kappa shape index (κ2) is 10.2. The number of thioether (sulfide) groups is 1. The molecule has 0 aliphatic carbocycles. The van der Waals surface area contributed by atoms with Gasteiger partial charge in [-0.15, -0.1) is 11.8 Å². The van der Waals surface area contributed by atoms with Crippen molar-refractivity contribution in [1.29, 1.82) is 5.26 Å². The van der Waals surface area contributed by atoms with Crippen molar-refractivity contribution in [3.63, 3.8) is 0 Å². The molecule has 0 saturated carbocycles. The first-order chi connectivity index (χ1) is 13.8. The predicted molar refractivity (Wildman–Crippen MR) is 116 cm³/mol. The van der Waals surface area contributed by atoms with Gasteiger partial charge in [0.1, 0.15) is 0 Å². The average molecular weight is 388 g/mol. The van der Waals surface area contributed by atoms with E-state index in [2.05, 4.69) is 34.9 Å². The van der Waals surface area contributed by atoms with Crippen molar-refractivity contribution >= 4 is 29.0 Å². The minimum Gasteiger partial charge on any atom is -0.376 e. The van der Waals surface area contributed by atoms with Crippen LogP contribution in [0, 0.1) is 11.3 Å². The second-order valence-corrected chi connectivity index (χ2v) is 7.18. The lowest BCUT2D eigenvalue weighted by molar-refractivity contribution is -0.114. The number of rotatable bonds is 8. The Balaban J connectivity index is 1.62. The summed E-state index contributed by atoms with van der Waals surface area (Å²) in [6.45, 7) is 0.170. The van der Waals surface area contributed by atoms with Gasteiger partial charge >= 0.3 is 0 Å². The molecule has 0 aliphatic rings. The van der Waals surface area contributed by atoms with Gasteiger partial charge in [0.15, 0.2) is 0 Å². The van der Waals surface area contributed by atoms with Crippen LogP contribution < -0.4 is 10.6 Å². The number of nitrogens with one attached hydrogen (secondary N) is 2. The number of anilines is 2. The number of para-hydroxylation sites is 2. The highest BCUT2D eigenvalue weighted by Crippen LogP contribution is 2.26. The summed E-state index contributed by atoms with van der Waals surface area (Å²) in [5.74, 6) is 0.220. The second-order valence-electron chi connectivity index (χ2n) is 6.16. The molecule has 0 aliphatic heterocycles. The van der Waals surface area contributed by atoms with Crippen LogP contribution in [0.15, 0.2) is 83.8 Å². The smallest absolute Gasteiger partial charge is 0.243 e. The summed E-state index contributed by atoms with van der Waals surface area (Å²) in [6.07, 6.45) is 0.805. The fourth-order valence-electron chi connectivity index (χ4n) is 2.84. The van der Waals surface area contributed by atoms with Gasteiger partial charge < -0.3 is 10.6 Å². The molecule has 3 aromatic rings. The van der Waals surface area contributed by atoms with Gasteiger partial charge in [-0.3, -0.25) is 4.79 Å². The van der Waals surface area contributed by atoms with E-state index < -0.39 is 0 Å². The van der Waals surface area contributed by atoms with E-state index in [4.69, 9.17) is 5.26 Å². The van der Waals surface area contributed by atoms with Crippen LogP contribution in [0.1, 0.15) is 11.1 Å². The molecule has 3 aromatic carbocycles. The summed E-state index contributed by atoms with van der Waals surface area (Å²) >= 11 is 1.41. The van der Waals surface area contributed by atoms with E-state index in [9.17, 15) is 4.79 Å². The lowest BCUT2D eigenvalue weighted by atomic mass is 10.0. The predicted octanol–water partition coefficient (Wildman–Crippen LogP) is 4.94. The monoisotopic (exact) mass is 387 g/mol. The average Bonchev–Trinajstić information content (AvgIpc) is 2.73. The molecule has 0 unspecified atom stereocenters. The van der Waals surface area contributed by atoms with Crippen molar-refractivity contribution in [3.8, 4) is 6.07 Å². The summed E-state index contributed by atoms with van der Waals surface area (Å²) in [7, 11) is 0. The van der Waals surface area contributed by atoms with Crippen LogP contribution in [0.5, 0.6) is 0 Å². The van der Waals surface area contributed by atoms with Crippen LogP contribution in [0.25, 0.3) is 0 Å². The van der Waals surface area contributed by atoms with Crippen molar-refractivity contribution in [1.82, 2.24) is 0 Å². The first kappa shape index (κ1) is 19.5. The third-order valence-corrected chi connectivity index (χ3v) is 5.09. The molecular weight excluding hydrogens is 366 g/mol. The number of hydrogen-bond donors (Lipinski definition) is 2. The van der Waals surface area contributed by atoms with Gasteiger partial charge in [0.2, 0.25) is 5.91 Å². The summed E-state index contributed by atoms with van der Waals surface area (Å²) in [4.78, 5) is 13.3. The third-order valence-electron chi connectivity index (χ3n) is 4.15. The van der Waals surface area contributed by atoms with Crippen LogP contribution in [-0.4, -0.2) is 18.2 Å². The highest BCUT2D eigenvalue weighted by Gasteiger charge is 2.09. The molecule has 140 valence electrons. The number of nitrogens with zero attached hydrogens (tertiary/aromatic N) is 1. The molecule has 0 aromatic heterocycles. The van der Waals surface area contributed by atoms with Crippen molar-refractivity contribution in [2.45, 2.75) is 11.3 Å². The molecule has 0 spiro atoms. The van der Waals surface area contributed by atoms with Crippen LogP contribution >= 0.6 is 11.8 Å². The van der Waals surface area contributed by atoms with E-state index >= 15 is 0 Å². The summed E-state index contributed by atoms with van der Waals surface area (Å²) in [5, 5.41) is 14.9. The molecule has 0 saturated heterocycles. The van der Waals surface area contributed by atoms with E-state index in [1.807, 2.05) is 60.7 Å². The van der Waals surface area contributed by atoms with E-state index in [1.54, 1.807) is 0 Å². The Kier molecular flexibility index (Phi) is 7.11. The van der Waals surface area contributed by atoms with Gasteiger partial charge in [0.25, 0.3) is 0 Å². The topological polar surface area (TPSA) is 64.9 Å². The van der Waals surface area contributed by atoms with Crippen molar-refractivity contribution in [2.24, 2.45) is 0 Å². The molecule has 1 amide bonds. The summed E-state index contributed by atoms with van der Waals surface area (Å²) in [6, 6.07) is 27.9. The molecule has 2 N–H and O–H groups in total. The van der Waals surface area contributed by atoms with E-state index in [1.165, 1.54) is 17.3 Å². The fraction of sp³-hybridized carbons (Fsp3) is 0.130.